The summed E-state index contributed by atoms with van der Waals surface area (Å²) in [5.41, 5.74) is 3.14. The van der Waals surface area contributed by atoms with Crippen molar-refractivity contribution in [3.8, 4) is 11.3 Å². The second-order valence-electron chi connectivity index (χ2n) is 4.21. The molecule has 6 nitrogen and oxygen atoms in total. The van der Waals surface area contributed by atoms with E-state index in [0.717, 1.165) is 23.4 Å². The number of nitrogens with zero attached hydrogens (tertiary/aromatic N) is 4. The lowest BCUT2D eigenvalue weighted by Crippen LogP contribution is -2.09. The van der Waals surface area contributed by atoms with E-state index in [-0.39, 0.29) is 5.56 Å². The molecule has 3 aromatic rings. The molecule has 0 bridgehead atoms. The normalized spacial score (nSPS) is 11.2. The molecule has 0 radical (unpaired) electrons. The maximum atomic E-state index is 11.7. The van der Waals surface area contributed by atoms with E-state index in [4.69, 9.17) is 0 Å². The highest BCUT2D eigenvalue weighted by atomic mass is 16.1. The third-order valence-corrected chi connectivity index (χ3v) is 2.87. The summed E-state index contributed by atoms with van der Waals surface area (Å²) in [4.78, 5) is 14.4. The Balaban J connectivity index is 2.33. The number of H-pyrrole nitrogens is 1. The maximum Gasteiger partial charge on any atom is 0.251 e. The third-order valence-electron chi connectivity index (χ3n) is 2.87. The van der Waals surface area contributed by atoms with Crippen molar-refractivity contribution in [2.24, 2.45) is 7.05 Å². The van der Waals surface area contributed by atoms with Crippen molar-refractivity contribution in [2.45, 2.75) is 13.3 Å². The van der Waals surface area contributed by atoms with E-state index in [1.54, 1.807) is 15.4 Å². The second kappa shape index (κ2) is 3.83. The van der Waals surface area contributed by atoms with Crippen LogP contribution in [0.25, 0.3) is 16.9 Å². The summed E-state index contributed by atoms with van der Waals surface area (Å²) in [5.74, 6) is 0. The lowest BCUT2D eigenvalue weighted by Gasteiger charge is -2.00. The minimum atomic E-state index is -0.135. The molecule has 0 saturated carbocycles. The minimum absolute atomic E-state index is 0.135. The van der Waals surface area contributed by atoms with E-state index in [1.165, 1.54) is 6.07 Å². The van der Waals surface area contributed by atoms with Gasteiger partial charge < -0.3 is 4.98 Å². The van der Waals surface area contributed by atoms with Crippen LogP contribution in [-0.2, 0) is 13.5 Å². The number of hydrogen-bond donors (Lipinski definition) is 1. The first kappa shape index (κ1) is 10.8. The number of hydrogen-bond acceptors (Lipinski definition) is 3. The summed E-state index contributed by atoms with van der Waals surface area (Å²) in [7, 11) is 1.84. The maximum absolute atomic E-state index is 11.7. The van der Waals surface area contributed by atoms with Crippen LogP contribution in [0.5, 0.6) is 0 Å². The molecular weight excluding hydrogens is 230 g/mol. The van der Waals surface area contributed by atoms with Crippen molar-refractivity contribution in [1.29, 1.82) is 0 Å². The van der Waals surface area contributed by atoms with Gasteiger partial charge in [0.15, 0.2) is 0 Å². The lowest BCUT2D eigenvalue weighted by atomic mass is 10.2. The second-order valence-corrected chi connectivity index (χ2v) is 4.21. The molecule has 3 aromatic heterocycles. The molecule has 0 spiro atoms. The van der Waals surface area contributed by atoms with E-state index in [1.807, 2.05) is 26.2 Å². The van der Waals surface area contributed by atoms with Gasteiger partial charge in [0.25, 0.3) is 5.56 Å². The first-order valence-electron chi connectivity index (χ1n) is 5.78. The predicted octanol–water partition coefficient (Wildman–Crippen LogP) is 0.985. The van der Waals surface area contributed by atoms with E-state index >= 15 is 0 Å². The topological polar surface area (TPSA) is 68.0 Å². The summed E-state index contributed by atoms with van der Waals surface area (Å²) < 4.78 is 3.45. The van der Waals surface area contributed by atoms with Gasteiger partial charge in [-0.2, -0.15) is 10.2 Å². The van der Waals surface area contributed by atoms with Crippen molar-refractivity contribution >= 4 is 5.65 Å². The lowest BCUT2D eigenvalue weighted by molar-refractivity contribution is 0.768. The van der Waals surface area contributed by atoms with Crippen molar-refractivity contribution < 1.29 is 0 Å². The molecule has 18 heavy (non-hydrogen) atoms. The molecule has 0 aliphatic rings. The van der Waals surface area contributed by atoms with Crippen LogP contribution in [0.4, 0.5) is 0 Å². The molecule has 6 heteroatoms. The van der Waals surface area contributed by atoms with E-state index in [2.05, 4.69) is 15.2 Å². The van der Waals surface area contributed by atoms with Crippen LogP contribution in [0.15, 0.2) is 29.3 Å². The molecule has 92 valence electrons. The van der Waals surface area contributed by atoms with Crippen LogP contribution in [-0.4, -0.2) is 24.4 Å². The zero-order valence-electron chi connectivity index (χ0n) is 10.2. The Morgan fingerprint density at radius 1 is 1.39 bits per heavy atom. The number of aryl methyl sites for hydroxylation is 2. The van der Waals surface area contributed by atoms with Crippen LogP contribution < -0.4 is 5.56 Å². The number of fused-ring (bicyclic) bond motifs is 1. The molecule has 3 rings (SSSR count). The predicted molar refractivity (Wildman–Crippen MR) is 67.4 cm³/mol. The number of aromatic amines is 1. The van der Waals surface area contributed by atoms with Crippen molar-refractivity contribution in [3.63, 3.8) is 0 Å². The Hall–Kier alpha value is -2.37. The van der Waals surface area contributed by atoms with E-state index < -0.39 is 0 Å². The smallest absolute Gasteiger partial charge is 0.251 e. The molecule has 0 amide bonds. The monoisotopic (exact) mass is 243 g/mol. The van der Waals surface area contributed by atoms with Crippen LogP contribution in [0.1, 0.15) is 12.6 Å². The molecular formula is C12H13N5O. The Kier molecular flexibility index (Phi) is 2.29. The SMILES string of the molecule is CCc1cc2[nH]c(=O)cc(-c3cnn(C)c3)n2n1. The summed E-state index contributed by atoms with van der Waals surface area (Å²) >= 11 is 0. The molecule has 0 aliphatic carbocycles. The molecule has 1 N–H and O–H groups in total. The van der Waals surface area contributed by atoms with Gasteiger partial charge in [0.2, 0.25) is 0 Å². The average molecular weight is 243 g/mol. The molecule has 0 aliphatic heterocycles. The number of nitrogens with one attached hydrogen (secondary N) is 1. The fourth-order valence-electron chi connectivity index (χ4n) is 1.98. The first-order valence-corrected chi connectivity index (χ1v) is 5.78. The average Bonchev–Trinajstić information content (AvgIpc) is 2.93. The van der Waals surface area contributed by atoms with Gasteiger partial charge in [-0.15, -0.1) is 0 Å². The minimum Gasteiger partial charge on any atom is -0.307 e. The molecule has 0 atom stereocenters. The van der Waals surface area contributed by atoms with Crippen LogP contribution in [0, 0.1) is 0 Å². The number of aromatic nitrogens is 5. The Morgan fingerprint density at radius 3 is 2.89 bits per heavy atom. The van der Waals surface area contributed by atoms with Crippen LogP contribution in [0.3, 0.4) is 0 Å². The van der Waals surface area contributed by atoms with Crippen LogP contribution in [0.2, 0.25) is 0 Å². The Morgan fingerprint density at radius 2 is 2.22 bits per heavy atom. The first-order chi connectivity index (χ1) is 8.67. The fourth-order valence-corrected chi connectivity index (χ4v) is 1.98. The van der Waals surface area contributed by atoms with E-state index in [9.17, 15) is 4.79 Å². The summed E-state index contributed by atoms with van der Waals surface area (Å²) in [6, 6.07) is 3.43. The summed E-state index contributed by atoms with van der Waals surface area (Å²) in [6.45, 7) is 2.03. The highest BCUT2D eigenvalue weighted by molar-refractivity contribution is 5.60. The van der Waals surface area contributed by atoms with Gasteiger partial charge in [0.05, 0.1) is 17.6 Å². The molecule has 0 aromatic carbocycles. The van der Waals surface area contributed by atoms with Gasteiger partial charge >= 0.3 is 0 Å². The molecule has 3 heterocycles. The molecule has 0 saturated heterocycles. The van der Waals surface area contributed by atoms with Gasteiger partial charge in [-0.3, -0.25) is 9.48 Å². The molecule has 0 fully saturated rings. The van der Waals surface area contributed by atoms with Crippen molar-refractivity contribution in [3.05, 3.63) is 40.6 Å². The zero-order chi connectivity index (χ0) is 12.7. The highest BCUT2D eigenvalue weighted by Crippen LogP contribution is 2.17. The molecule has 0 unspecified atom stereocenters. The van der Waals surface area contributed by atoms with Crippen molar-refractivity contribution in [2.75, 3.05) is 0 Å². The zero-order valence-corrected chi connectivity index (χ0v) is 10.2. The van der Waals surface area contributed by atoms with E-state index in [0.29, 0.717) is 5.65 Å². The summed E-state index contributed by atoms with van der Waals surface area (Å²) in [5, 5.41) is 8.59. The standard InChI is InChI=1S/C12H13N5O/c1-3-9-4-11-14-12(18)5-10(17(11)15-9)8-6-13-16(2)7-8/h4-7H,3H2,1-2H3,(H,14,18). The van der Waals surface area contributed by atoms with Gasteiger partial charge in [0.1, 0.15) is 5.65 Å². The van der Waals surface area contributed by atoms with Gasteiger partial charge in [-0.05, 0) is 6.42 Å². The fraction of sp³-hybridized carbons (Fsp3) is 0.250. The van der Waals surface area contributed by atoms with Gasteiger partial charge in [0, 0.05) is 30.9 Å². The highest BCUT2D eigenvalue weighted by Gasteiger charge is 2.10. The Labute approximate surface area is 103 Å². The summed E-state index contributed by atoms with van der Waals surface area (Å²) in [6.07, 6.45) is 4.42. The Bertz CT molecular complexity index is 764. The van der Waals surface area contributed by atoms with Gasteiger partial charge in [-0.25, -0.2) is 4.52 Å². The van der Waals surface area contributed by atoms with Crippen LogP contribution >= 0.6 is 0 Å². The van der Waals surface area contributed by atoms with Gasteiger partial charge in [-0.1, -0.05) is 6.92 Å². The van der Waals surface area contributed by atoms with Crippen molar-refractivity contribution in [1.82, 2.24) is 24.4 Å². The largest absolute Gasteiger partial charge is 0.307 e. The third kappa shape index (κ3) is 1.62. The number of rotatable bonds is 2. The quantitative estimate of drug-likeness (QED) is 0.729.